The summed E-state index contributed by atoms with van der Waals surface area (Å²) in [6.45, 7) is 2.39. The van der Waals surface area contributed by atoms with Gasteiger partial charge in [0.05, 0.1) is 15.4 Å². The van der Waals surface area contributed by atoms with Crippen LogP contribution in [0.1, 0.15) is 30.0 Å². The molecule has 1 aliphatic carbocycles. The van der Waals surface area contributed by atoms with Gasteiger partial charge in [-0.25, -0.2) is 0 Å². The number of likely N-dealkylation sites (tertiary alicyclic amines) is 1. The first-order valence-electron chi connectivity index (χ1n) is 10.7. The first-order chi connectivity index (χ1) is 15.0. The molecular weight excluding hydrogens is 451 g/mol. The van der Waals surface area contributed by atoms with Crippen LogP contribution in [0.3, 0.4) is 0 Å². The van der Waals surface area contributed by atoms with Crippen molar-refractivity contribution in [3.63, 3.8) is 0 Å². The lowest BCUT2D eigenvalue weighted by atomic mass is 9.73. The van der Waals surface area contributed by atoms with E-state index in [1.807, 2.05) is 12.1 Å². The summed E-state index contributed by atoms with van der Waals surface area (Å²) in [6, 6.07) is 14.2. The monoisotopic (exact) mass is 476 g/mol. The van der Waals surface area contributed by atoms with Gasteiger partial charge in [0, 0.05) is 30.6 Å². The van der Waals surface area contributed by atoms with Gasteiger partial charge in [0.25, 0.3) is 5.91 Å². The van der Waals surface area contributed by atoms with Crippen LogP contribution >= 0.6 is 35.0 Å². The molecule has 2 aliphatic heterocycles. The zero-order valence-corrected chi connectivity index (χ0v) is 19.4. The zero-order chi connectivity index (χ0) is 21.6. The summed E-state index contributed by atoms with van der Waals surface area (Å²) in [7, 11) is 0. The van der Waals surface area contributed by atoms with E-state index in [0.717, 1.165) is 37.2 Å². The molecule has 2 aromatic carbocycles. The highest BCUT2D eigenvalue weighted by Gasteiger charge is 2.47. The maximum Gasteiger partial charge on any atom is 0.253 e. The van der Waals surface area contributed by atoms with Crippen LogP contribution in [0.5, 0.6) is 0 Å². The second-order valence-corrected chi connectivity index (χ2v) is 10.8. The van der Waals surface area contributed by atoms with Crippen molar-refractivity contribution in [3.8, 4) is 0 Å². The standard InChI is InChI=1S/C23H26Cl2N4OS/c24-16-6-3-7-17(19(16)25)31-18-13-27-21(22(30)28-18)29-10-8-23(9-11-29)12-14-4-1-2-5-15(14)20(23)26/h1-7,18,20-21,27H,8-13,26H2,(H,28,30)/t18?,20-,21?/m1/s1. The van der Waals surface area contributed by atoms with Gasteiger partial charge in [-0.15, -0.1) is 0 Å². The molecule has 3 aliphatic rings. The summed E-state index contributed by atoms with van der Waals surface area (Å²) >= 11 is 13.9. The summed E-state index contributed by atoms with van der Waals surface area (Å²) in [4.78, 5) is 16.0. The lowest BCUT2D eigenvalue weighted by Crippen LogP contribution is -2.65. The van der Waals surface area contributed by atoms with Gasteiger partial charge in [0.15, 0.2) is 0 Å². The van der Waals surface area contributed by atoms with Crippen molar-refractivity contribution in [3.05, 3.63) is 63.6 Å². The molecule has 0 bridgehead atoms. The van der Waals surface area contributed by atoms with Gasteiger partial charge in [-0.05, 0) is 47.9 Å². The quantitative estimate of drug-likeness (QED) is 0.628. The van der Waals surface area contributed by atoms with Crippen LogP contribution in [0.4, 0.5) is 0 Å². The first-order valence-corrected chi connectivity index (χ1v) is 12.3. The number of thioether (sulfide) groups is 1. The Hall–Kier alpha value is -1.28. The van der Waals surface area contributed by atoms with E-state index in [9.17, 15) is 4.79 Å². The van der Waals surface area contributed by atoms with Crippen LogP contribution in [0, 0.1) is 5.41 Å². The average molecular weight is 477 g/mol. The fourth-order valence-corrected chi connectivity index (χ4v) is 6.75. The normalized spacial score (nSPS) is 27.8. The number of amides is 1. The molecule has 2 heterocycles. The van der Waals surface area contributed by atoms with Crippen LogP contribution in [0.2, 0.25) is 10.0 Å². The minimum atomic E-state index is -0.302. The average Bonchev–Trinajstić information content (AvgIpc) is 3.04. The van der Waals surface area contributed by atoms with Crippen molar-refractivity contribution in [2.24, 2.45) is 11.1 Å². The Balaban J connectivity index is 1.19. The van der Waals surface area contributed by atoms with Crippen LogP contribution in [0.15, 0.2) is 47.4 Å². The minimum absolute atomic E-state index is 0.0110. The Morgan fingerprint density at radius 2 is 1.87 bits per heavy atom. The van der Waals surface area contributed by atoms with Crippen LogP contribution in [0.25, 0.3) is 0 Å². The smallest absolute Gasteiger partial charge is 0.253 e. The van der Waals surface area contributed by atoms with Crippen molar-refractivity contribution in [2.75, 3.05) is 19.6 Å². The van der Waals surface area contributed by atoms with Crippen molar-refractivity contribution in [1.29, 1.82) is 0 Å². The molecule has 1 spiro atoms. The van der Waals surface area contributed by atoms with E-state index in [1.54, 1.807) is 6.07 Å². The molecule has 2 aromatic rings. The molecule has 0 aromatic heterocycles. The molecule has 2 fully saturated rings. The van der Waals surface area contributed by atoms with E-state index in [2.05, 4.69) is 39.8 Å². The number of nitrogens with zero attached hydrogens (tertiary/aromatic N) is 1. The van der Waals surface area contributed by atoms with Crippen molar-refractivity contribution >= 4 is 40.9 Å². The van der Waals surface area contributed by atoms with E-state index in [-0.39, 0.29) is 28.9 Å². The van der Waals surface area contributed by atoms with Gasteiger partial charge in [0.2, 0.25) is 0 Å². The molecular formula is C23H26Cl2N4OS. The van der Waals surface area contributed by atoms with Crippen LogP contribution < -0.4 is 16.4 Å². The molecule has 0 radical (unpaired) electrons. The Bertz CT molecular complexity index is 995. The molecule has 4 N–H and O–H groups in total. The van der Waals surface area contributed by atoms with Crippen LogP contribution in [-0.4, -0.2) is 42.0 Å². The maximum atomic E-state index is 12.9. The van der Waals surface area contributed by atoms with E-state index < -0.39 is 0 Å². The highest BCUT2D eigenvalue weighted by atomic mass is 35.5. The van der Waals surface area contributed by atoms with E-state index in [4.69, 9.17) is 28.9 Å². The molecule has 1 amide bonds. The molecule has 8 heteroatoms. The maximum absolute atomic E-state index is 12.9. The van der Waals surface area contributed by atoms with E-state index in [1.165, 1.54) is 22.9 Å². The fraction of sp³-hybridized carbons (Fsp3) is 0.435. The third-order valence-electron chi connectivity index (χ3n) is 6.98. The van der Waals surface area contributed by atoms with Gasteiger partial charge >= 0.3 is 0 Å². The number of nitrogens with one attached hydrogen (secondary N) is 2. The van der Waals surface area contributed by atoms with E-state index in [0.29, 0.717) is 16.6 Å². The number of hydrogen-bond acceptors (Lipinski definition) is 5. The number of carbonyl (C=O) groups excluding carboxylic acids is 1. The van der Waals surface area contributed by atoms with Crippen molar-refractivity contribution < 1.29 is 4.79 Å². The number of nitrogens with two attached hydrogens (primary N) is 1. The zero-order valence-electron chi connectivity index (χ0n) is 17.1. The Morgan fingerprint density at radius 1 is 1.10 bits per heavy atom. The summed E-state index contributed by atoms with van der Waals surface area (Å²) in [6.07, 6.45) is 2.75. The molecule has 5 rings (SSSR count). The number of piperazine rings is 1. The number of rotatable bonds is 3. The predicted molar refractivity (Wildman–Crippen MR) is 126 cm³/mol. The summed E-state index contributed by atoms with van der Waals surface area (Å²) in [5, 5.41) is 7.53. The Kier molecular flexibility index (Phi) is 5.97. The Labute approximate surface area is 197 Å². The summed E-state index contributed by atoms with van der Waals surface area (Å²) < 4.78 is 0. The van der Waals surface area contributed by atoms with Gasteiger partial charge < -0.3 is 11.1 Å². The summed E-state index contributed by atoms with van der Waals surface area (Å²) in [5.41, 5.74) is 9.48. The number of hydrogen-bond donors (Lipinski definition) is 3. The molecule has 164 valence electrons. The van der Waals surface area contributed by atoms with Gasteiger partial charge in [0.1, 0.15) is 6.17 Å². The van der Waals surface area contributed by atoms with Crippen LogP contribution in [-0.2, 0) is 11.2 Å². The van der Waals surface area contributed by atoms with Crippen molar-refractivity contribution in [1.82, 2.24) is 15.5 Å². The summed E-state index contributed by atoms with van der Waals surface area (Å²) in [5.74, 6) is 0.0110. The second-order valence-electron chi connectivity index (χ2n) is 8.73. The lowest BCUT2D eigenvalue weighted by molar-refractivity contribution is -0.131. The third-order valence-corrected chi connectivity index (χ3v) is 9.08. The predicted octanol–water partition coefficient (Wildman–Crippen LogP) is 3.80. The highest BCUT2D eigenvalue weighted by molar-refractivity contribution is 8.00. The lowest BCUT2D eigenvalue weighted by Gasteiger charge is -2.45. The second kappa shape index (κ2) is 8.58. The molecule has 0 saturated carbocycles. The number of carbonyl (C=O) groups is 1. The largest absolute Gasteiger partial charge is 0.340 e. The molecule has 2 saturated heterocycles. The Morgan fingerprint density at radius 3 is 2.61 bits per heavy atom. The third kappa shape index (κ3) is 3.99. The van der Waals surface area contributed by atoms with E-state index >= 15 is 0 Å². The van der Waals surface area contributed by atoms with Gasteiger partial charge in [-0.1, -0.05) is 65.3 Å². The number of piperidine rings is 1. The van der Waals surface area contributed by atoms with Gasteiger partial charge in [-0.3, -0.25) is 15.0 Å². The molecule has 5 nitrogen and oxygen atoms in total. The molecule has 31 heavy (non-hydrogen) atoms. The van der Waals surface area contributed by atoms with Crippen molar-refractivity contribution in [2.45, 2.75) is 41.7 Å². The molecule has 2 unspecified atom stereocenters. The minimum Gasteiger partial charge on any atom is -0.340 e. The fourth-order valence-electron chi connectivity index (χ4n) is 5.23. The molecule has 3 atom stereocenters. The number of halogens is 2. The number of fused-ring (bicyclic) bond motifs is 1. The SMILES string of the molecule is N[C@@H]1c2ccccc2CC12CCN(C1NCC(Sc3cccc(Cl)c3Cl)NC1=O)CC2. The first kappa shape index (κ1) is 21.6. The highest BCUT2D eigenvalue weighted by Crippen LogP contribution is 2.50. The van der Waals surface area contributed by atoms with Gasteiger partial charge in [-0.2, -0.15) is 0 Å². The topological polar surface area (TPSA) is 70.4 Å². The number of benzene rings is 2.